The second-order valence-electron chi connectivity index (χ2n) is 6.12. The van der Waals surface area contributed by atoms with Gasteiger partial charge in [-0.1, -0.05) is 47.5 Å². The lowest BCUT2D eigenvalue weighted by atomic mass is 10.1. The van der Waals surface area contributed by atoms with Gasteiger partial charge >= 0.3 is 0 Å². The summed E-state index contributed by atoms with van der Waals surface area (Å²) in [5.74, 6) is -0.331. The van der Waals surface area contributed by atoms with Crippen molar-refractivity contribution >= 4 is 27.5 Å². The van der Waals surface area contributed by atoms with Crippen molar-refractivity contribution in [1.29, 1.82) is 0 Å². The van der Waals surface area contributed by atoms with Gasteiger partial charge in [0.05, 0.1) is 11.4 Å². The number of benzene rings is 2. The molecule has 0 bridgehead atoms. The molecule has 0 heterocycles. The van der Waals surface area contributed by atoms with Gasteiger partial charge in [0.15, 0.2) is 0 Å². The molecule has 2 rings (SSSR count). The molecule has 0 unspecified atom stereocenters. The Labute approximate surface area is 160 Å². The number of hydrogen-bond acceptors (Lipinski definition) is 3. The summed E-state index contributed by atoms with van der Waals surface area (Å²) in [6.07, 6.45) is 1.47. The number of aryl methyl sites for hydroxylation is 2. The van der Waals surface area contributed by atoms with Crippen molar-refractivity contribution in [3.05, 3.63) is 64.7 Å². The summed E-state index contributed by atoms with van der Waals surface area (Å²) in [5.41, 5.74) is 2.00. The van der Waals surface area contributed by atoms with Crippen LogP contribution in [-0.4, -0.2) is 38.8 Å². The number of carbonyl (C=O) groups excluding carboxylic acids is 1. The van der Waals surface area contributed by atoms with E-state index in [0.717, 1.165) is 28.3 Å². The molecule has 1 N–H and O–H groups in total. The molecule has 2 aromatic carbocycles. The number of carbonyl (C=O) groups is 1. The van der Waals surface area contributed by atoms with Crippen LogP contribution in [0, 0.1) is 6.92 Å². The van der Waals surface area contributed by atoms with Crippen molar-refractivity contribution in [3.8, 4) is 0 Å². The third kappa shape index (κ3) is 5.56. The van der Waals surface area contributed by atoms with Crippen molar-refractivity contribution < 1.29 is 13.2 Å². The molecule has 0 saturated heterocycles. The smallest absolute Gasteiger partial charge is 0.243 e. The number of likely N-dealkylation sites (N-methyl/N-ethyl adjacent to an activating group) is 1. The summed E-state index contributed by atoms with van der Waals surface area (Å²) in [5, 5.41) is 3.46. The molecule has 2 aromatic rings. The lowest BCUT2D eigenvalue weighted by molar-refractivity contribution is -0.121. The van der Waals surface area contributed by atoms with Crippen molar-refractivity contribution in [3.63, 3.8) is 0 Å². The molecule has 0 aliphatic rings. The van der Waals surface area contributed by atoms with Gasteiger partial charge in [-0.3, -0.25) is 4.79 Å². The predicted molar refractivity (Wildman–Crippen MR) is 104 cm³/mol. The monoisotopic (exact) mass is 394 g/mol. The third-order valence-corrected chi connectivity index (χ3v) is 6.18. The van der Waals surface area contributed by atoms with Gasteiger partial charge in [-0.25, -0.2) is 8.42 Å². The molecular weight excluding hydrogens is 372 g/mol. The van der Waals surface area contributed by atoms with Crippen molar-refractivity contribution in [1.82, 2.24) is 9.62 Å². The van der Waals surface area contributed by atoms with E-state index in [-0.39, 0.29) is 17.3 Å². The quantitative estimate of drug-likeness (QED) is 0.700. The second-order valence-corrected chi connectivity index (χ2v) is 8.57. The molecule has 0 aliphatic heterocycles. The summed E-state index contributed by atoms with van der Waals surface area (Å²) in [6, 6.07) is 14.1. The Morgan fingerprint density at radius 3 is 2.42 bits per heavy atom. The first-order chi connectivity index (χ1) is 12.3. The van der Waals surface area contributed by atoms with Gasteiger partial charge in [0.25, 0.3) is 0 Å². The molecule has 0 aromatic heterocycles. The van der Waals surface area contributed by atoms with Crippen LogP contribution >= 0.6 is 11.6 Å². The Kier molecular flexibility index (Phi) is 7.20. The van der Waals surface area contributed by atoms with E-state index in [1.165, 1.54) is 7.05 Å². The van der Waals surface area contributed by atoms with Crippen LogP contribution in [0.2, 0.25) is 5.02 Å². The number of amides is 1. The van der Waals surface area contributed by atoms with E-state index in [0.29, 0.717) is 11.6 Å². The Hall–Kier alpha value is -1.89. The molecule has 140 valence electrons. The SMILES string of the molecule is Cc1ccc(S(=O)(=O)N(C)CC(=O)NCCCc2ccccc2Cl)cc1. The zero-order valence-electron chi connectivity index (χ0n) is 14.9. The van der Waals surface area contributed by atoms with Gasteiger partial charge in [-0.2, -0.15) is 4.31 Å². The van der Waals surface area contributed by atoms with Crippen molar-refractivity contribution in [2.24, 2.45) is 0 Å². The highest BCUT2D eigenvalue weighted by molar-refractivity contribution is 7.89. The number of rotatable bonds is 8. The second kappa shape index (κ2) is 9.16. The molecule has 1 amide bonds. The Morgan fingerprint density at radius 2 is 1.77 bits per heavy atom. The fourth-order valence-corrected chi connectivity index (χ4v) is 3.80. The maximum atomic E-state index is 12.5. The van der Waals surface area contributed by atoms with Gasteiger partial charge in [0, 0.05) is 18.6 Å². The van der Waals surface area contributed by atoms with Crippen LogP contribution in [-0.2, 0) is 21.2 Å². The van der Waals surface area contributed by atoms with Crippen LogP contribution in [0.25, 0.3) is 0 Å². The third-order valence-electron chi connectivity index (χ3n) is 4.00. The minimum atomic E-state index is -3.67. The number of hydrogen-bond donors (Lipinski definition) is 1. The van der Waals surface area contributed by atoms with Gasteiger partial charge < -0.3 is 5.32 Å². The molecule has 0 radical (unpaired) electrons. The normalized spacial score (nSPS) is 11.5. The first-order valence-electron chi connectivity index (χ1n) is 8.34. The van der Waals surface area contributed by atoms with E-state index in [4.69, 9.17) is 11.6 Å². The molecular formula is C19H23ClN2O3S. The molecule has 0 fully saturated rings. The molecule has 0 aliphatic carbocycles. The van der Waals surface area contributed by atoms with Crippen LogP contribution in [0.4, 0.5) is 0 Å². The van der Waals surface area contributed by atoms with Crippen LogP contribution in [0.5, 0.6) is 0 Å². The summed E-state index contributed by atoms with van der Waals surface area (Å²) < 4.78 is 26.0. The minimum absolute atomic E-state index is 0.178. The zero-order valence-corrected chi connectivity index (χ0v) is 16.5. The molecule has 0 saturated carbocycles. The van der Waals surface area contributed by atoms with Crippen LogP contribution in [0.1, 0.15) is 17.5 Å². The summed E-state index contributed by atoms with van der Waals surface area (Å²) in [6.45, 7) is 2.13. The minimum Gasteiger partial charge on any atom is -0.355 e. The average molecular weight is 395 g/mol. The fraction of sp³-hybridized carbons (Fsp3) is 0.316. The van der Waals surface area contributed by atoms with E-state index in [1.807, 2.05) is 31.2 Å². The highest BCUT2D eigenvalue weighted by atomic mass is 35.5. The summed E-state index contributed by atoms with van der Waals surface area (Å²) >= 11 is 6.09. The standard InChI is InChI=1S/C19H23ClN2O3S/c1-15-9-11-17(12-10-15)26(24,25)22(2)14-19(23)21-13-5-7-16-6-3-4-8-18(16)20/h3-4,6,8-12H,5,7,13-14H2,1-2H3,(H,21,23). The van der Waals surface area contributed by atoms with E-state index in [2.05, 4.69) is 5.32 Å². The van der Waals surface area contributed by atoms with Crippen LogP contribution < -0.4 is 5.32 Å². The molecule has 5 nitrogen and oxygen atoms in total. The number of halogens is 1. The van der Waals surface area contributed by atoms with E-state index >= 15 is 0 Å². The van der Waals surface area contributed by atoms with E-state index in [1.54, 1.807) is 24.3 Å². The van der Waals surface area contributed by atoms with Crippen molar-refractivity contribution in [2.45, 2.75) is 24.7 Å². The topological polar surface area (TPSA) is 66.5 Å². The summed E-state index contributed by atoms with van der Waals surface area (Å²) in [4.78, 5) is 12.2. The zero-order chi connectivity index (χ0) is 19.2. The van der Waals surface area contributed by atoms with E-state index < -0.39 is 10.0 Å². The van der Waals surface area contributed by atoms with Gasteiger partial charge in [-0.05, 0) is 43.5 Å². The lowest BCUT2D eigenvalue weighted by Crippen LogP contribution is -2.38. The maximum Gasteiger partial charge on any atom is 0.243 e. The lowest BCUT2D eigenvalue weighted by Gasteiger charge is -2.17. The van der Waals surface area contributed by atoms with Crippen LogP contribution in [0.15, 0.2) is 53.4 Å². The van der Waals surface area contributed by atoms with Gasteiger partial charge in [-0.15, -0.1) is 0 Å². The largest absolute Gasteiger partial charge is 0.355 e. The van der Waals surface area contributed by atoms with Crippen LogP contribution in [0.3, 0.4) is 0 Å². The molecule has 26 heavy (non-hydrogen) atoms. The molecule has 0 atom stereocenters. The van der Waals surface area contributed by atoms with E-state index in [9.17, 15) is 13.2 Å². The first kappa shape index (κ1) is 20.4. The number of nitrogens with zero attached hydrogens (tertiary/aromatic N) is 1. The first-order valence-corrected chi connectivity index (χ1v) is 10.2. The molecule has 7 heteroatoms. The number of nitrogens with one attached hydrogen (secondary N) is 1. The Morgan fingerprint density at radius 1 is 1.12 bits per heavy atom. The highest BCUT2D eigenvalue weighted by Crippen LogP contribution is 2.16. The molecule has 0 spiro atoms. The average Bonchev–Trinajstić information content (AvgIpc) is 2.60. The van der Waals surface area contributed by atoms with Gasteiger partial charge in [0.1, 0.15) is 0 Å². The van der Waals surface area contributed by atoms with Crippen molar-refractivity contribution in [2.75, 3.05) is 20.1 Å². The highest BCUT2D eigenvalue weighted by Gasteiger charge is 2.22. The van der Waals surface area contributed by atoms with Gasteiger partial charge in [0.2, 0.25) is 15.9 Å². The summed E-state index contributed by atoms with van der Waals surface area (Å²) in [7, 11) is -2.27. The Bertz CT molecular complexity index is 851. The number of sulfonamides is 1. The maximum absolute atomic E-state index is 12.5. The Balaban J connectivity index is 1.81. The fourth-order valence-electron chi connectivity index (χ4n) is 2.44. The predicted octanol–water partition coefficient (Wildman–Crippen LogP) is 3.02.